The number of nitrogens with one attached hydrogen (secondary N) is 1. The van der Waals surface area contributed by atoms with Crippen molar-refractivity contribution in [2.75, 3.05) is 13.7 Å². The maximum Gasteiger partial charge on any atom is 0.309 e. The largest absolute Gasteiger partial charge is 0.469 e. The molecule has 4 heteroatoms. The van der Waals surface area contributed by atoms with Gasteiger partial charge < -0.3 is 10.1 Å². The summed E-state index contributed by atoms with van der Waals surface area (Å²) in [5.41, 5.74) is 0.660. The van der Waals surface area contributed by atoms with Gasteiger partial charge in [-0.2, -0.15) is 0 Å². The second kappa shape index (κ2) is 11.1. The number of hydrogen-bond acceptors (Lipinski definition) is 4. The summed E-state index contributed by atoms with van der Waals surface area (Å²) in [6.45, 7) is 14.9. The van der Waals surface area contributed by atoms with Crippen molar-refractivity contribution in [3.05, 3.63) is 0 Å². The van der Waals surface area contributed by atoms with E-state index in [0.29, 0.717) is 52.9 Å². The van der Waals surface area contributed by atoms with E-state index in [1.165, 1.54) is 58.5 Å². The molecule has 0 aromatic rings. The number of rotatable bonds is 9. The Balaban J connectivity index is 1.41. The zero-order valence-electron chi connectivity index (χ0n) is 24.4. The minimum atomic E-state index is -0.145. The van der Waals surface area contributed by atoms with Gasteiger partial charge in [0.25, 0.3) is 0 Å². The van der Waals surface area contributed by atoms with Crippen molar-refractivity contribution in [1.82, 2.24) is 5.32 Å². The Morgan fingerprint density at radius 3 is 2.39 bits per heavy atom. The van der Waals surface area contributed by atoms with Gasteiger partial charge in [-0.25, -0.2) is 0 Å². The molecule has 4 rings (SSSR count). The highest BCUT2D eigenvalue weighted by atomic mass is 16.5. The molecule has 0 bridgehead atoms. The summed E-state index contributed by atoms with van der Waals surface area (Å²) in [6.07, 6.45) is 13.5. The molecule has 0 spiro atoms. The first kappa shape index (κ1) is 28.1. The Morgan fingerprint density at radius 2 is 1.69 bits per heavy atom. The number of fused-ring (bicyclic) bond motifs is 5. The van der Waals surface area contributed by atoms with Crippen LogP contribution < -0.4 is 5.32 Å². The number of carbonyl (C=O) groups is 2. The Labute approximate surface area is 221 Å². The van der Waals surface area contributed by atoms with E-state index in [2.05, 4.69) is 39.9 Å². The molecule has 0 heterocycles. The SMILES string of the molecule is COC(=O)C(C)CN[C@@H]1CC[C@]2(C)C3CC[C@@]4(C)C(CC[C@@H]4[C@H](C)CCCC(C)C)C3C(=O)C[C@H]2C1. The van der Waals surface area contributed by atoms with Gasteiger partial charge in [-0.15, -0.1) is 0 Å². The van der Waals surface area contributed by atoms with Crippen LogP contribution in [0.3, 0.4) is 0 Å². The van der Waals surface area contributed by atoms with Crippen LogP contribution in [-0.4, -0.2) is 31.4 Å². The van der Waals surface area contributed by atoms with Crippen LogP contribution in [0, 0.1) is 58.2 Å². The molecule has 0 amide bonds. The van der Waals surface area contributed by atoms with E-state index in [9.17, 15) is 9.59 Å². The first-order valence-electron chi connectivity index (χ1n) is 15.3. The maximum atomic E-state index is 13.9. The summed E-state index contributed by atoms with van der Waals surface area (Å²) >= 11 is 0. The minimum Gasteiger partial charge on any atom is -0.469 e. The lowest BCUT2D eigenvalue weighted by Crippen LogP contribution is -2.58. The Hall–Kier alpha value is -0.900. The number of Topliss-reactive ketones (excluding diaryl/α,β-unsaturated/α-hetero) is 1. The van der Waals surface area contributed by atoms with Crippen LogP contribution in [0.5, 0.6) is 0 Å². The standard InChI is InChI=1S/C32H55NO3/c1-20(2)9-8-10-21(3)25-11-12-26-29-27(14-16-32(25,26)6)31(5)15-13-24(17-23(31)18-28(29)34)33-19-22(4)30(35)36-7/h20-27,29,33H,8-19H2,1-7H3/t21-,22?,23-,24-,25-,26?,27?,29?,31+,32-/m1/s1. The van der Waals surface area contributed by atoms with Crippen molar-refractivity contribution in [1.29, 1.82) is 0 Å². The normalized spacial score (nSPS) is 41.8. The Morgan fingerprint density at radius 1 is 1.00 bits per heavy atom. The molecule has 4 fully saturated rings. The fourth-order valence-electron chi connectivity index (χ4n) is 9.77. The average molecular weight is 502 g/mol. The molecule has 4 nitrogen and oxygen atoms in total. The van der Waals surface area contributed by atoms with Crippen LogP contribution in [0.4, 0.5) is 0 Å². The molecule has 0 aromatic carbocycles. The van der Waals surface area contributed by atoms with Crippen molar-refractivity contribution in [2.45, 2.75) is 118 Å². The summed E-state index contributed by atoms with van der Waals surface area (Å²) in [4.78, 5) is 25.7. The lowest BCUT2D eigenvalue weighted by atomic mass is 9.44. The predicted octanol–water partition coefficient (Wildman–Crippen LogP) is 7.05. The van der Waals surface area contributed by atoms with E-state index >= 15 is 0 Å². The fourth-order valence-corrected chi connectivity index (χ4v) is 9.77. The van der Waals surface area contributed by atoms with Crippen molar-refractivity contribution >= 4 is 11.8 Å². The monoisotopic (exact) mass is 501 g/mol. The molecular formula is C32H55NO3. The third kappa shape index (κ3) is 5.19. The molecule has 4 aliphatic carbocycles. The van der Waals surface area contributed by atoms with Crippen molar-refractivity contribution < 1.29 is 14.3 Å². The van der Waals surface area contributed by atoms with Gasteiger partial charge in [0.15, 0.2) is 0 Å². The maximum absolute atomic E-state index is 13.9. The molecule has 4 saturated carbocycles. The number of esters is 1. The zero-order valence-corrected chi connectivity index (χ0v) is 24.4. The van der Waals surface area contributed by atoms with Gasteiger partial charge in [-0.05, 0) is 91.3 Å². The van der Waals surface area contributed by atoms with Crippen molar-refractivity contribution in [2.24, 2.45) is 58.2 Å². The second-order valence-electron chi connectivity index (χ2n) is 14.4. The van der Waals surface area contributed by atoms with Gasteiger partial charge >= 0.3 is 5.97 Å². The highest BCUT2D eigenvalue weighted by Gasteiger charge is 2.63. The van der Waals surface area contributed by atoms with E-state index in [1.54, 1.807) is 0 Å². The molecule has 0 radical (unpaired) electrons. The van der Waals surface area contributed by atoms with E-state index in [-0.39, 0.29) is 11.9 Å². The molecule has 0 aromatic heterocycles. The molecule has 206 valence electrons. The van der Waals surface area contributed by atoms with Crippen LogP contribution in [-0.2, 0) is 14.3 Å². The highest BCUT2D eigenvalue weighted by molar-refractivity contribution is 5.83. The lowest BCUT2D eigenvalue weighted by molar-refractivity contribution is -0.157. The first-order chi connectivity index (χ1) is 17.0. The Kier molecular flexibility index (Phi) is 8.64. The van der Waals surface area contributed by atoms with Crippen molar-refractivity contribution in [3.63, 3.8) is 0 Å². The van der Waals surface area contributed by atoms with Crippen LogP contribution in [0.2, 0.25) is 0 Å². The van der Waals surface area contributed by atoms with Crippen LogP contribution in [0.1, 0.15) is 112 Å². The third-order valence-electron chi connectivity index (χ3n) is 12.0. The topological polar surface area (TPSA) is 55.4 Å². The smallest absolute Gasteiger partial charge is 0.309 e. The number of methoxy groups -OCH3 is 1. The lowest BCUT2D eigenvalue weighted by Gasteiger charge is -2.60. The van der Waals surface area contributed by atoms with Gasteiger partial charge in [0.2, 0.25) is 0 Å². The summed E-state index contributed by atoms with van der Waals surface area (Å²) in [7, 11) is 1.46. The number of hydrogen-bond donors (Lipinski definition) is 1. The van der Waals surface area contributed by atoms with Crippen LogP contribution in [0.25, 0.3) is 0 Å². The predicted molar refractivity (Wildman–Crippen MR) is 146 cm³/mol. The minimum absolute atomic E-state index is 0.125. The van der Waals surface area contributed by atoms with E-state index in [0.717, 1.165) is 37.0 Å². The summed E-state index contributed by atoms with van der Waals surface area (Å²) in [5, 5.41) is 3.65. The van der Waals surface area contributed by atoms with Crippen LogP contribution in [0.15, 0.2) is 0 Å². The van der Waals surface area contributed by atoms with Crippen LogP contribution >= 0.6 is 0 Å². The summed E-state index contributed by atoms with van der Waals surface area (Å²) in [6, 6.07) is 0.413. The van der Waals surface area contributed by atoms with E-state index in [1.807, 2.05) is 6.92 Å². The number of ether oxygens (including phenoxy) is 1. The molecule has 0 saturated heterocycles. The fraction of sp³-hybridized carbons (Fsp3) is 0.938. The molecule has 0 aliphatic heterocycles. The zero-order chi connectivity index (χ0) is 26.3. The van der Waals surface area contributed by atoms with Gasteiger partial charge in [0, 0.05) is 24.9 Å². The quantitative estimate of drug-likeness (QED) is 0.344. The second-order valence-corrected chi connectivity index (χ2v) is 14.4. The molecular weight excluding hydrogens is 446 g/mol. The van der Waals surface area contributed by atoms with Gasteiger partial charge in [-0.1, -0.05) is 60.8 Å². The molecule has 4 aliphatic rings. The van der Waals surface area contributed by atoms with Gasteiger partial charge in [-0.3, -0.25) is 9.59 Å². The number of ketones is 1. The van der Waals surface area contributed by atoms with E-state index < -0.39 is 0 Å². The Bertz CT molecular complexity index is 794. The molecule has 36 heavy (non-hydrogen) atoms. The molecule has 4 unspecified atom stereocenters. The molecule has 10 atom stereocenters. The third-order valence-corrected chi connectivity index (χ3v) is 12.0. The highest BCUT2D eigenvalue weighted by Crippen LogP contribution is 2.67. The van der Waals surface area contributed by atoms with Gasteiger partial charge in [0.1, 0.15) is 5.78 Å². The summed E-state index contributed by atoms with van der Waals surface area (Å²) in [5.74, 6) is 4.68. The number of carbonyl (C=O) groups excluding carboxylic acids is 2. The first-order valence-corrected chi connectivity index (χ1v) is 15.3. The van der Waals surface area contributed by atoms with E-state index in [4.69, 9.17) is 4.74 Å². The molecule has 1 N–H and O–H groups in total. The van der Waals surface area contributed by atoms with Gasteiger partial charge in [0.05, 0.1) is 13.0 Å². The van der Waals surface area contributed by atoms with Crippen molar-refractivity contribution in [3.8, 4) is 0 Å². The average Bonchev–Trinajstić information content (AvgIpc) is 3.19. The summed E-state index contributed by atoms with van der Waals surface area (Å²) < 4.78 is 4.90.